The van der Waals surface area contributed by atoms with Gasteiger partial charge in [0.15, 0.2) is 9.84 Å². The molecule has 1 rings (SSSR count). The van der Waals surface area contributed by atoms with Gasteiger partial charge in [-0.1, -0.05) is 0 Å². The van der Waals surface area contributed by atoms with Crippen molar-refractivity contribution < 1.29 is 18.3 Å². The van der Waals surface area contributed by atoms with Crippen LogP contribution in [-0.4, -0.2) is 35.7 Å². The van der Waals surface area contributed by atoms with Gasteiger partial charge in [-0.25, -0.2) is 23.2 Å². The second kappa shape index (κ2) is 4.17. The van der Waals surface area contributed by atoms with Gasteiger partial charge in [-0.2, -0.15) is 0 Å². The van der Waals surface area contributed by atoms with Gasteiger partial charge in [-0.05, 0) is 13.8 Å². The third-order valence-corrected chi connectivity index (χ3v) is 2.70. The van der Waals surface area contributed by atoms with Crippen molar-refractivity contribution >= 4 is 15.8 Å². The van der Waals surface area contributed by atoms with Crippen LogP contribution in [-0.2, 0) is 15.6 Å². The van der Waals surface area contributed by atoms with Crippen LogP contribution in [0.4, 0.5) is 0 Å². The Kier molecular flexibility index (Phi) is 3.27. The summed E-state index contributed by atoms with van der Waals surface area (Å²) in [5.41, 5.74) is 0.578. The Labute approximate surface area is 93.3 Å². The smallest absolute Gasteiger partial charge is 0.339 e. The summed E-state index contributed by atoms with van der Waals surface area (Å²) in [4.78, 5) is 18.6. The third kappa shape index (κ3) is 2.99. The highest BCUT2D eigenvalue weighted by Gasteiger charge is 2.16. The normalized spacial score (nSPS) is 11.4. The fourth-order valence-electron chi connectivity index (χ4n) is 1.39. The van der Waals surface area contributed by atoms with Crippen LogP contribution in [0.15, 0.2) is 0 Å². The lowest BCUT2D eigenvalue weighted by atomic mass is 10.2. The number of nitrogens with zero attached hydrogens (tertiary/aromatic N) is 2. The van der Waals surface area contributed by atoms with Crippen LogP contribution < -0.4 is 0 Å². The lowest BCUT2D eigenvalue weighted by molar-refractivity contribution is 0.0694. The van der Waals surface area contributed by atoms with Crippen molar-refractivity contribution in [2.45, 2.75) is 19.6 Å². The van der Waals surface area contributed by atoms with E-state index in [0.717, 1.165) is 6.26 Å². The van der Waals surface area contributed by atoms with E-state index in [-0.39, 0.29) is 28.5 Å². The number of sulfone groups is 1. The topological polar surface area (TPSA) is 97.2 Å². The van der Waals surface area contributed by atoms with Gasteiger partial charge in [0, 0.05) is 6.26 Å². The van der Waals surface area contributed by atoms with Gasteiger partial charge in [0.2, 0.25) is 0 Å². The highest BCUT2D eigenvalue weighted by Crippen LogP contribution is 2.11. The van der Waals surface area contributed by atoms with Crippen LogP contribution in [0.5, 0.6) is 0 Å². The van der Waals surface area contributed by atoms with Crippen molar-refractivity contribution in [1.29, 1.82) is 0 Å². The molecule has 0 bridgehead atoms. The Morgan fingerprint density at radius 1 is 1.25 bits per heavy atom. The number of hydrogen-bond donors (Lipinski definition) is 1. The summed E-state index contributed by atoms with van der Waals surface area (Å²) in [6, 6.07) is 0. The largest absolute Gasteiger partial charge is 0.478 e. The van der Waals surface area contributed by atoms with Crippen molar-refractivity contribution in [3.05, 3.63) is 22.8 Å². The molecule has 1 aromatic heterocycles. The molecule has 0 saturated heterocycles. The fraction of sp³-hybridized carbons (Fsp3) is 0.444. The molecular formula is C9H12N2O4S. The molecule has 0 aliphatic carbocycles. The zero-order chi connectivity index (χ0) is 12.5. The summed E-state index contributed by atoms with van der Waals surface area (Å²) >= 11 is 0. The molecule has 0 amide bonds. The number of carbonyl (C=O) groups is 1. The highest BCUT2D eigenvalue weighted by molar-refractivity contribution is 7.89. The van der Waals surface area contributed by atoms with Gasteiger partial charge in [0.25, 0.3) is 0 Å². The van der Waals surface area contributed by atoms with Crippen LogP contribution >= 0.6 is 0 Å². The van der Waals surface area contributed by atoms with Crippen LogP contribution in [0, 0.1) is 13.8 Å². The van der Waals surface area contributed by atoms with Gasteiger partial charge >= 0.3 is 5.97 Å². The average molecular weight is 244 g/mol. The molecule has 1 aromatic rings. The first kappa shape index (κ1) is 12.6. The summed E-state index contributed by atoms with van der Waals surface area (Å²) in [6.07, 6.45) is 1.08. The summed E-state index contributed by atoms with van der Waals surface area (Å²) in [5.74, 6) is -1.27. The van der Waals surface area contributed by atoms with E-state index in [4.69, 9.17) is 5.11 Å². The van der Waals surface area contributed by atoms with E-state index in [2.05, 4.69) is 9.97 Å². The lowest BCUT2D eigenvalue weighted by Gasteiger charge is -2.06. The van der Waals surface area contributed by atoms with Crippen LogP contribution in [0.25, 0.3) is 0 Å². The van der Waals surface area contributed by atoms with E-state index in [1.807, 2.05) is 0 Å². The van der Waals surface area contributed by atoms with E-state index in [1.54, 1.807) is 0 Å². The summed E-state index contributed by atoms with van der Waals surface area (Å²) < 4.78 is 22.1. The van der Waals surface area contributed by atoms with Gasteiger partial charge in [0.1, 0.15) is 17.1 Å². The molecule has 1 heterocycles. The summed E-state index contributed by atoms with van der Waals surface area (Å²) in [5, 5.41) is 8.87. The minimum absolute atomic E-state index is 0.0252. The van der Waals surface area contributed by atoms with Crippen molar-refractivity contribution in [1.82, 2.24) is 9.97 Å². The van der Waals surface area contributed by atoms with E-state index in [9.17, 15) is 13.2 Å². The van der Waals surface area contributed by atoms with Crippen LogP contribution in [0.1, 0.15) is 27.6 Å². The van der Waals surface area contributed by atoms with Gasteiger partial charge in [-0.15, -0.1) is 0 Å². The zero-order valence-electron chi connectivity index (χ0n) is 9.18. The number of carboxylic acid groups (broad SMARTS) is 1. The molecule has 0 aliphatic rings. The molecule has 0 unspecified atom stereocenters. The molecule has 0 fully saturated rings. The molecule has 7 heteroatoms. The number of hydrogen-bond acceptors (Lipinski definition) is 5. The Balaban J connectivity index is 3.25. The van der Waals surface area contributed by atoms with E-state index in [1.165, 1.54) is 13.8 Å². The Hall–Kier alpha value is -1.50. The lowest BCUT2D eigenvalue weighted by Crippen LogP contribution is -2.12. The minimum atomic E-state index is -3.22. The minimum Gasteiger partial charge on any atom is -0.478 e. The molecule has 88 valence electrons. The highest BCUT2D eigenvalue weighted by atomic mass is 32.2. The molecule has 0 aromatic carbocycles. The fourth-order valence-corrected chi connectivity index (χ4v) is 1.99. The van der Waals surface area contributed by atoms with E-state index >= 15 is 0 Å². The Morgan fingerprint density at radius 3 is 2.00 bits per heavy atom. The molecule has 6 nitrogen and oxygen atoms in total. The molecule has 0 saturated carbocycles. The van der Waals surface area contributed by atoms with Crippen LogP contribution in [0.2, 0.25) is 0 Å². The number of aryl methyl sites for hydroxylation is 2. The number of rotatable bonds is 3. The van der Waals surface area contributed by atoms with Gasteiger partial charge in [-0.3, -0.25) is 0 Å². The Bertz CT molecular complexity index is 513. The van der Waals surface area contributed by atoms with Crippen molar-refractivity contribution in [3.8, 4) is 0 Å². The number of aromatic carboxylic acids is 1. The average Bonchev–Trinajstić information content (AvgIpc) is 1.96. The monoisotopic (exact) mass is 244 g/mol. The van der Waals surface area contributed by atoms with Crippen LogP contribution in [0.3, 0.4) is 0 Å². The first-order valence-electron chi connectivity index (χ1n) is 4.46. The van der Waals surface area contributed by atoms with Crippen molar-refractivity contribution in [3.63, 3.8) is 0 Å². The number of aromatic nitrogens is 2. The summed E-state index contributed by atoms with van der Waals surface area (Å²) in [7, 11) is -3.22. The predicted molar refractivity (Wildman–Crippen MR) is 57.0 cm³/mol. The molecule has 0 atom stereocenters. The van der Waals surface area contributed by atoms with Crippen molar-refractivity contribution in [2.75, 3.05) is 6.26 Å². The van der Waals surface area contributed by atoms with E-state index in [0.29, 0.717) is 0 Å². The maximum Gasteiger partial charge on any atom is 0.339 e. The Morgan fingerprint density at radius 2 is 1.69 bits per heavy atom. The molecule has 0 radical (unpaired) electrons. The number of carboxylic acids is 1. The molecular weight excluding hydrogens is 232 g/mol. The zero-order valence-corrected chi connectivity index (χ0v) is 10.00. The standard InChI is InChI=1S/C9H12N2O4S/c1-5-8(9(12)13)6(2)11-7(10-5)4-16(3,14)15/h4H2,1-3H3,(H,12,13). The maximum atomic E-state index is 11.0. The third-order valence-electron chi connectivity index (χ3n) is 1.92. The first-order valence-corrected chi connectivity index (χ1v) is 6.52. The molecule has 0 spiro atoms. The van der Waals surface area contributed by atoms with E-state index < -0.39 is 15.8 Å². The predicted octanol–water partition coefficient (Wildman–Crippen LogP) is 0.336. The second-order valence-electron chi connectivity index (χ2n) is 3.56. The second-order valence-corrected chi connectivity index (χ2v) is 5.70. The SMILES string of the molecule is Cc1nc(CS(C)(=O)=O)nc(C)c1C(=O)O. The van der Waals surface area contributed by atoms with Crippen molar-refractivity contribution in [2.24, 2.45) is 0 Å². The molecule has 0 aliphatic heterocycles. The molecule has 1 N–H and O–H groups in total. The van der Waals surface area contributed by atoms with Gasteiger partial charge in [0.05, 0.1) is 11.4 Å². The van der Waals surface area contributed by atoms with Gasteiger partial charge < -0.3 is 5.11 Å². The summed E-state index contributed by atoms with van der Waals surface area (Å²) in [6.45, 7) is 3.04. The molecule has 16 heavy (non-hydrogen) atoms. The maximum absolute atomic E-state index is 11.0. The quantitative estimate of drug-likeness (QED) is 0.823. The first-order chi connectivity index (χ1) is 7.20.